The van der Waals surface area contributed by atoms with Gasteiger partial charge in [-0.25, -0.2) is 13.8 Å². The number of phosphoric acid groups is 1. The van der Waals surface area contributed by atoms with Gasteiger partial charge >= 0.3 is 13.5 Å². The zero-order chi connectivity index (χ0) is 21.3. The molecule has 5 N–H and O–H groups in total. The highest BCUT2D eigenvalue weighted by Crippen LogP contribution is 2.38. The molecule has 0 amide bonds. The lowest BCUT2D eigenvalue weighted by atomic mass is 10.0. The molecular weight excluding hydrogens is 412 g/mol. The monoisotopic (exact) mass is 429 g/mol. The molecule has 3 atom stereocenters. The van der Waals surface area contributed by atoms with Crippen molar-refractivity contribution < 1.29 is 37.9 Å². The Bertz CT molecular complexity index is 1040. The van der Waals surface area contributed by atoms with Crippen LogP contribution in [0.2, 0.25) is 0 Å². The highest BCUT2D eigenvalue weighted by atomic mass is 31.2. The smallest absolute Gasteiger partial charge is 0.390 e. The fraction of sp³-hybridized carbons (Fsp3) is 0.312. The number of nitrogen functional groups attached to an aromatic ring is 1. The Morgan fingerprint density at radius 2 is 2.14 bits per heavy atom. The van der Waals surface area contributed by atoms with Crippen molar-refractivity contribution >= 4 is 19.9 Å². The van der Waals surface area contributed by atoms with Crippen LogP contribution < -0.4 is 11.4 Å². The molecule has 1 aromatic heterocycles. The standard InChI is InChI=1S/C16H17FN3O8P/c17-11-2-1-8(6-21)3-9(11)10-5-20(16(23)19-15(10)18)14-4-12(22)13(28-14)7-27-29(24,25)26/h1-3,5-6,12-14,22H,4,7H2,(H2,18,19,23)(H2,24,25,26)/t12-,13+,14+/m0/s1. The number of halogens is 1. The lowest BCUT2D eigenvalue weighted by molar-refractivity contribution is -0.0449. The third-order valence-corrected chi connectivity index (χ3v) is 4.80. The number of aliphatic hydroxyl groups excluding tert-OH is 1. The molecule has 1 aliphatic rings. The van der Waals surface area contributed by atoms with Gasteiger partial charge in [-0.1, -0.05) is 0 Å². The number of anilines is 1. The van der Waals surface area contributed by atoms with Crippen molar-refractivity contribution in [3.05, 3.63) is 46.3 Å². The number of benzene rings is 1. The molecule has 0 aliphatic carbocycles. The number of rotatable bonds is 6. The Balaban J connectivity index is 1.94. The lowest BCUT2D eigenvalue weighted by Gasteiger charge is -2.17. The molecular formula is C16H17FN3O8P. The van der Waals surface area contributed by atoms with Crippen LogP contribution in [0.4, 0.5) is 10.2 Å². The Labute approximate surface area is 162 Å². The molecule has 1 aliphatic heterocycles. The summed E-state index contributed by atoms with van der Waals surface area (Å²) in [6, 6.07) is 3.58. The van der Waals surface area contributed by atoms with Crippen molar-refractivity contribution in [2.24, 2.45) is 0 Å². The van der Waals surface area contributed by atoms with Crippen LogP contribution in [0.3, 0.4) is 0 Å². The summed E-state index contributed by atoms with van der Waals surface area (Å²) in [6.45, 7) is -0.609. The first kappa shape index (κ1) is 21.2. The summed E-state index contributed by atoms with van der Waals surface area (Å²) in [5.41, 5.74) is 5.06. The van der Waals surface area contributed by atoms with Gasteiger partial charge in [-0.05, 0) is 18.2 Å². The number of nitrogens with two attached hydrogens (primary N) is 1. The molecule has 2 aromatic rings. The van der Waals surface area contributed by atoms with Gasteiger partial charge in [0, 0.05) is 29.3 Å². The third kappa shape index (κ3) is 4.75. The molecule has 29 heavy (non-hydrogen) atoms. The summed E-state index contributed by atoms with van der Waals surface area (Å²) in [5, 5.41) is 10.0. The molecule has 0 saturated carbocycles. The molecule has 0 radical (unpaired) electrons. The Morgan fingerprint density at radius 1 is 1.41 bits per heavy atom. The van der Waals surface area contributed by atoms with E-state index >= 15 is 0 Å². The van der Waals surface area contributed by atoms with Gasteiger partial charge in [0.05, 0.1) is 12.7 Å². The van der Waals surface area contributed by atoms with Crippen LogP contribution in [0.25, 0.3) is 11.1 Å². The second-order valence-corrected chi connectivity index (χ2v) is 7.54. The number of ether oxygens (including phenoxy) is 1. The number of aromatic nitrogens is 2. The summed E-state index contributed by atoms with van der Waals surface area (Å²) in [6.07, 6.45) is -1.78. The van der Waals surface area contributed by atoms with E-state index in [0.29, 0.717) is 6.29 Å². The van der Waals surface area contributed by atoms with Crippen molar-refractivity contribution in [3.63, 3.8) is 0 Å². The van der Waals surface area contributed by atoms with Crippen LogP contribution in [0.15, 0.2) is 29.2 Å². The van der Waals surface area contributed by atoms with Crippen LogP contribution in [0.5, 0.6) is 0 Å². The van der Waals surface area contributed by atoms with E-state index in [0.717, 1.165) is 10.6 Å². The van der Waals surface area contributed by atoms with Crippen LogP contribution in [0.1, 0.15) is 23.0 Å². The maximum absolute atomic E-state index is 14.3. The van der Waals surface area contributed by atoms with E-state index in [4.69, 9.17) is 20.3 Å². The van der Waals surface area contributed by atoms with Gasteiger partial charge in [-0.15, -0.1) is 0 Å². The van der Waals surface area contributed by atoms with E-state index in [-0.39, 0.29) is 28.9 Å². The van der Waals surface area contributed by atoms with Gasteiger partial charge in [-0.3, -0.25) is 13.9 Å². The first-order valence-electron chi connectivity index (χ1n) is 8.26. The average Bonchev–Trinajstić information content (AvgIpc) is 3.01. The maximum atomic E-state index is 14.3. The van der Waals surface area contributed by atoms with Gasteiger partial charge < -0.3 is 25.4 Å². The number of nitrogens with zero attached hydrogens (tertiary/aromatic N) is 2. The van der Waals surface area contributed by atoms with E-state index in [2.05, 4.69) is 9.51 Å². The van der Waals surface area contributed by atoms with Crippen LogP contribution in [-0.4, -0.2) is 49.5 Å². The molecule has 3 rings (SSSR count). The second kappa shape index (κ2) is 8.11. The predicted molar refractivity (Wildman–Crippen MR) is 96.2 cm³/mol. The molecule has 13 heteroatoms. The van der Waals surface area contributed by atoms with Crippen molar-refractivity contribution in [2.75, 3.05) is 12.3 Å². The zero-order valence-electron chi connectivity index (χ0n) is 14.7. The number of phosphoric ester groups is 1. The van der Waals surface area contributed by atoms with E-state index in [9.17, 15) is 23.7 Å². The topological polar surface area (TPSA) is 174 Å². The average molecular weight is 429 g/mol. The van der Waals surface area contributed by atoms with Crippen molar-refractivity contribution in [1.29, 1.82) is 0 Å². The Morgan fingerprint density at radius 3 is 2.79 bits per heavy atom. The largest absolute Gasteiger partial charge is 0.469 e. The van der Waals surface area contributed by atoms with Gasteiger partial charge in [0.2, 0.25) is 0 Å². The van der Waals surface area contributed by atoms with E-state index in [1.54, 1.807) is 0 Å². The van der Waals surface area contributed by atoms with Crippen molar-refractivity contribution in [1.82, 2.24) is 9.55 Å². The Kier molecular flexibility index (Phi) is 5.94. The van der Waals surface area contributed by atoms with E-state index in [1.807, 2.05) is 0 Å². The normalized spacial score (nSPS) is 22.0. The van der Waals surface area contributed by atoms with Gasteiger partial charge in [0.15, 0.2) is 0 Å². The molecule has 2 heterocycles. The molecule has 0 unspecified atom stereocenters. The minimum Gasteiger partial charge on any atom is -0.390 e. The number of hydrogen-bond acceptors (Lipinski definition) is 8. The number of carbonyl (C=O) groups is 1. The van der Waals surface area contributed by atoms with Gasteiger partial charge in [0.25, 0.3) is 0 Å². The highest BCUT2D eigenvalue weighted by molar-refractivity contribution is 7.46. The number of carbonyl (C=O) groups excluding carboxylic acids is 1. The lowest BCUT2D eigenvalue weighted by Crippen LogP contribution is -2.29. The molecule has 156 valence electrons. The summed E-state index contributed by atoms with van der Waals surface area (Å²) in [4.78, 5) is 44.4. The number of aliphatic hydroxyl groups is 1. The Hall–Kier alpha value is -2.47. The van der Waals surface area contributed by atoms with Gasteiger partial charge in [0.1, 0.15) is 30.3 Å². The molecule has 1 saturated heterocycles. The fourth-order valence-corrected chi connectivity index (χ4v) is 3.27. The summed E-state index contributed by atoms with van der Waals surface area (Å²) >= 11 is 0. The first-order chi connectivity index (χ1) is 13.6. The third-order valence-electron chi connectivity index (χ3n) is 4.32. The van der Waals surface area contributed by atoms with E-state index in [1.165, 1.54) is 18.3 Å². The summed E-state index contributed by atoms with van der Waals surface area (Å²) in [7, 11) is -4.77. The number of aldehydes is 1. The van der Waals surface area contributed by atoms with E-state index < -0.39 is 44.4 Å². The quantitative estimate of drug-likeness (QED) is 0.367. The molecule has 11 nitrogen and oxygen atoms in total. The van der Waals surface area contributed by atoms with Crippen LogP contribution in [-0.2, 0) is 13.8 Å². The summed E-state index contributed by atoms with van der Waals surface area (Å²) in [5.74, 6) is -0.970. The first-order valence-corrected chi connectivity index (χ1v) is 9.79. The van der Waals surface area contributed by atoms with Crippen LogP contribution >= 0.6 is 7.82 Å². The number of hydrogen-bond donors (Lipinski definition) is 4. The fourth-order valence-electron chi connectivity index (χ4n) is 2.92. The minimum absolute atomic E-state index is 0.0267. The maximum Gasteiger partial charge on any atom is 0.469 e. The highest BCUT2D eigenvalue weighted by Gasteiger charge is 2.37. The van der Waals surface area contributed by atoms with Crippen molar-refractivity contribution in [2.45, 2.75) is 24.9 Å². The SMILES string of the molecule is Nc1nc(=O)n([C@H]2C[C@H](O)[C@@H](COP(=O)(O)O)O2)cc1-c1cc(C=O)ccc1F. The molecule has 1 fully saturated rings. The molecule has 1 aromatic carbocycles. The zero-order valence-corrected chi connectivity index (χ0v) is 15.6. The van der Waals surface area contributed by atoms with Gasteiger partial charge in [-0.2, -0.15) is 4.98 Å². The van der Waals surface area contributed by atoms with Crippen molar-refractivity contribution in [3.8, 4) is 11.1 Å². The van der Waals surface area contributed by atoms with Crippen LogP contribution in [0, 0.1) is 5.82 Å². The molecule has 0 spiro atoms. The predicted octanol–water partition coefficient (Wildman–Crippen LogP) is 0.202. The summed E-state index contributed by atoms with van der Waals surface area (Å²) < 4.78 is 35.8. The molecule has 0 bridgehead atoms. The second-order valence-electron chi connectivity index (χ2n) is 6.31. The minimum atomic E-state index is -4.77.